The average Bonchev–Trinajstić information content (AvgIpc) is 2.87. The molecule has 0 amide bonds. The van der Waals surface area contributed by atoms with Gasteiger partial charge in [-0.25, -0.2) is 9.82 Å². The van der Waals surface area contributed by atoms with E-state index in [0.29, 0.717) is 10.6 Å². The van der Waals surface area contributed by atoms with Crippen LogP contribution in [0.3, 0.4) is 0 Å². The Morgan fingerprint density at radius 3 is 2.80 bits per heavy atom. The number of aryl methyl sites for hydroxylation is 2. The Bertz CT molecular complexity index is 603. The Balaban J connectivity index is 2.01. The lowest BCUT2D eigenvalue weighted by Gasteiger charge is -2.16. The third kappa shape index (κ3) is 2.61. The van der Waals surface area contributed by atoms with Crippen molar-refractivity contribution in [2.45, 2.75) is 31.7 Å². The van der Waals surface area contributed by atoms with Crippen LogP contribution < -0.4 is 11.3 Å². The highest BCUT2D eigenvalue weighted by Gasteiger charge is 2.21. The minimum Gasteiger partial charge on any atom is -0.271 e. The second-order valence-electron chi connectivity index (χ2n) is 5.07. The molecular weight excluding hydrogens is 295 g/mol. The zero-order valence-electron chi connectivity index (χ0n) is 11.0. The first-order valence-corrected chi connectivity index (χ1v) is 7.91. The van der Waals surface area contributed by atoms with Crippen molar-refractivity contribution in [3.8, 4) is 0 Å². The number of nitrogens with one attached hydrogen (secondary N) is 1. The SMILES string of the molecule is NNC(c1cc2c(s1)CCCC2)c1cc(F)ccc1Cl. The van der Waals surface area contributed by atoms with Crippen LogP contribution in [-0.4, -0.2) is 0 Å². The number of rotatable bonds is 3. The first-order valence-electron chi connectivity index (χ1n) is 6.71. The summed E-state index contributed by atoms with van der Waals surface area (Å²) in [5.74, 6) is 5.39. The molecule has 20 heavy (non-hydrogen) atoms. The van der Waals surface area contributed by atoms with Gasteiger partial charge in [-0.15, -0.1) is 11.3 Å². The molecular formula is C15H16ClFN2S. The van der Waals surface area contributed by atoms with Crippen molar-refractivity contribution in [1.82, 2.24) is 5.43 Å². The summed E-state index contributed by atoms with van der Waals surface area (Å²) in [5, 5.41) is 0.528. The molecule has 0 aliphatic heterocycles. The van der Waals surface area contributed by atoms with Crippen molar-refractivity contribution in [1.29, 1.82) is 0 Å². The maximum Gasteiger partial charge on any atom is 0.123 e. The summed E-state index contributed by atoms with van der Waals surface area (Å²) in [5.41, 5.74) is 4.87. The molecule has 3 N–H and O–H groups in total. The van der Waals surface area contributed by atoms with Crippen LogP contribution in [-0.2, 0) is 12.8 Å². The van der Waals surface area contributed by atoms with E-state index in [9.17, 15) is 4.39 Å². The maximum absolute atomic E-state index is 13.5. The van der Waals surface area contributed by atoms with Gasteiger partial charge >= 0.3 is 0 Å². The van der Waals surface area contributed by atoms with E-state index in [2.05, 4.69) is 11.5 Å². The topological polar surface area (TPSA) is 38.0 Å². The monoisotopic (exact) mass is 310 g/mol. The summed E-state index contributed by atoms with van der Waals surface area (Å²) >= 11 is 7.94. The van der Waals surface area contributed by atoms with Crippen molar-refractivity contribution in [2.24, 2.45) is 5.84 Å². The number of hydrazine groups is 1. The lowest BCUT2D eigenvalue weighted by atomic mass is 9.98. The Morgan fingerprint density at radius 1 is 1.25 bits per heavy atom. The summed E-state index contributed by atoms with van der Waals surface area (Å²) in [4.78, 5) is 2.53. The normalized spacial score (nSPS) is 15.9. The fourth-order valence-electron chi connectivity index (χ4n) is 2.72. The predicted octanol–water partition coefficient (Wildman–Crippen LogP) is 3.97. The zero-order valence-corrected chi connectivity index (χ0v) is 12.5. The smallest absolute Gasteiger partial charge is 0.123 e. The van der Waals surface area contributed by atoms with Crippen LogP contribution in [0, 0.1) is 5.82 Å². The van der Waals surface area contributed by atoms with Gasteiger partial charge in [0.05, 0.1) is 6.04 Å². The van der Waals surface area contributed by atoms with Crippen LogP contribution >= 0.6 is 22.9 Å². The van der Waals surface area contributed by atoms with Gasteiger partial charge in [-0.05, 0) is 61.1 Å². The highest BCUT2D eigenvalue weighted by molar-refractivity contribution is 7.12. The minimum atomic E-state index is -0.300. The fourth-order valence-corrected chi connectivity index (χ4v) is 4.28. The number of thiophene rings is 1. The van der Waals surface area contributed by atoms with Crippen LogP contribution in [0.25, 0.3) is 0 Å². The molecule has 0 radical (unpaired) electrons. The van der Waals surface area contributed by atoms with E-state index in [1.54, 1.807) is 17.4 Å². The second-order valence-corrected chi connectivity index (χ2v) is 6.65. The van der Waals surface area contributed by atoms with Crippen molar-refractivity contribution in [2.75, 3.05) is 0 Å². The molecule has 3 rings (SSSR count). The summed E-state index contributed by atoms with van der Waals surface area (Å²) in [6, 6.07) is 6.31. The molecule has 1 aromatic carbocycles. The van der Waals surface area contributed by atoms with Crippen LogP contribution in [0.2, 0.25) is 5.02 Å². The minimum absolute atomic E-state index is 0.256. The van der Waals surface area contributed by atoms with E-state index in [-0.39, 0.29) is 11.9 Å². The maximum atomic E-state index is 13.5. The third-order valence-corrected chi connectivity index (χ3v) is 5.38. The Hall–Kier alpha value is -0.940. The van der Waals surface area contributed by atoms with Crippen LogP contribution in [0.15, 0.2) is 24.3 Å². The first kappa shape index (κ1) is 14.0. The third-order valence-electron chi connectivity index (χ3n) is 3.74. The molecule has 1 aliphatic carbocycles. The molecule has 0 saturated carbocycles. The quantitative estimate of drug-likeness (QED) is 0.665. The summed E-state index contributed by atoms with van der Waals surface area (Å²) in [7, 11) is 0. The molecule has 1 aromatic heterocycles. The molecule has 0 spiro atoms. The highest BCUT2D eigenvalue weighted by Crippen LogP contribution is 2.37. The van der Waals surface area contributed by atoms with E-state index >= 15 is 0 Å². The number of hydrogen-bond acceptors (Lipinski definition) is 3. The largest absolute Gasteiger partial charge is 0.271 e. The van der Waals surface area contributed by atoms with Gasteiger partial charge in [0.1, 0.15) is 5.82 Å². The second kappa shape index (κ2) is 5.82. The van der Waals surface area contributed by atoms with Gasteiger partial charge in [-0.1, -0.05) is 11.6 Å². The predicted molar refractivity (Wildman–Crippen MR) is 81.5 cm³/mol. The summed E-state index contributed by atoms with van der Waals surface area (Å²) in [6.45, 7) is 0. The van der Waals surface area contributed by atoms with Crippen molar-refractivity contribution >= 4 is 22.9 Å². The number of benzene rings is 1. The molecule has 0 saturated heterocycles. The first-order chi connectivity index (χ1) is 9.69. The van der Waals surface area contributed by atoms with Gasteiger partial charge in [0.15, 0.2) is 0 Å². The van der Waals surface area contributed by atoms with E-state index in [0.717, 1.165) is 17.7 Å². The summed E-state index contributed by atoms with van der Waals surface area (Å²) in [6.07, 6.45) is 4.74. The standard InChI is InChI=1S/C15H16ClFN2S/c16-12-6-5-10(17)8-11(12)15(19-18)14-7-9-3-1-2-4-13(9)20-14/h5-8,15,19H,1-4,18H2. The molecule has 2 nitrogen and oxygen atoms in total. The van der Waals surface area contributed by atoms with E-state index < -0.39 is 0 Å². The molecule has 1 aliphatic rings. The van der Waals surface area contributed by atoms with Crippen molar-refractivity contribution in [3.05, 3.63) is 56.0 Å². The van der Waals surface area contributed by atoms with Gasteiger partial charge in [-0.2, -0.15) is 0 Å². The van der Waals surface area contributed by atoms with Gasteiger partial charge in [0.2, 0.25) is 0 Å². The van der Waals surface area contributed by atoms with Gasteiger partial charge in [0.25, 0.3) is 0 Å². The highest BCUT2D eigenvalue weighted by atomic mass is 35.5. The molecule has 106 valence electrons. The number of fused-ring (bicyclic) bond motifs is 1. The number of nitrogens with two attached hydrogens (primary N) is 1. The van der Waals surface area contributed by atoms with Gasteiger partial charge in [-0.3, -0.25) is 5.84 Å². The molecule has 1 heterocycles. The lowest BCUT2D eigenvalue weighted by molar-refractivity contribution is 0.608. The number of hydrogen-bond donors (Lipinski definition) is 2. The molecule has 1 unspecified atom stereocenters. The molecule has 2 aromatic rings. The Kier molecular flexibility index (Phi) is 4.08. The Morgan fingerprint density at radius 2 is 2.05 bits per heavy atom. The van der Waals surface area contributed by atoms with Crippen molar-refractivity contribution < 1.29 is 4.39 Å². The molecule has 1 atom stereocenters. The Labute approximate surface area is 126 Å². The average molecular weight is 311 g/mol. The van der Waals surface area contributed by atoms with Crippen LogP contribution in [0.4, 0.5) is 4.39 Å². The van der Waals surface area contributed by atoms with E-state index in [4.69, 9.17) is 17.4 Å². The molecule has 0 bridgehead atoms. The fraction of sp³-hybridized carbons (Fsp3) is 0.333. The van der Waals surface area contributed by atoms with E-state index in [1.807, 2.05) is 0 Å². The molecule has 0 fully saturated rings. The zero-order chi connectivity index (χ0) is 14.1. The summed E-state index contributed by atoms with van der Waals surface area (Å²) < 4.78 is 13.5. The van der Waals surface area contributed by atoms with Crippen LogP contribution in [0.5, 0.6) is 0 Å². The van der Waals surface area contributed by atoms with Gasteiger partial charge in [0, 0.05) is 14.8 Å². The van der Waals surface area contributed by atoms with E-state index in [1.165, 1.54) is 35.4 Å². The van der Waals surface area contributed by atoms with Crippen LogP contribution in [0.1, 0.15) is 39.8 Å². The molecule has 5 heteroatoms. The lowest BCUT2D eigenvalue weighted by Crippen LogP contribution is -2.28. The van der Waals surface area contributed by atoms with Gasteiger partial charge < -0.3 is 0 Å². The number of halogens is 2. The van der Waals surface area contributed by atoms with Crippen molar-refractivity contribution in [3.63, 3.8) is 0 Å².